The number of benzene rings is 1. The SMILES string of the molecule is Oc1cccc2c1CCC(C1CCCNC1)O2. The molecule has 1 aromatic rings. The van der Waals surface area contributed by atoms with Crippen LogP contribution in [0.25, 0.3) is 0 Å². The van der Waals surface area contributed by atoms with Gasteiger partial charge in [0.15, 0.2) is 0 Å². The third-order valence-corrected chi connectivity index (χ3v) is 3.93. The van der Waals surface area contributed by atoms with Crippen molar-refractivity contribution in [3.8, 4) is 11.5 Å². The van der Waals surface area contributed by atoms with Crippen LogP contribution in [0, 0.1) is 5.92 Å². The molecule has 92 valence electrons. The van der Waals surface area contributed by atoms with Crippen LogP contribution in [0.1, 0.15) is 24.8 Å². The van der Waals surface area contributed by atoms with Crippen LogP contribution in [0.4, 0.5) is 0 Å². The summed E-state index contributed by atoms with van der Waals surface area (Å²) in [7, 11) is 0. The van der Waals surface area contributed by atoms with Gasteiger partial charge in [0.05, 0.1) is 0 Å². The molecule has 0 saturated carbocycles. The molecule has 1 saturated heterocycles. The summed E-state index contributed by atoms with van der Waals surface area (Å²) in [6, 6.07) is 5.57. The Bertz CT molecular complexity index is 399. The van der Waals surface area contributed by atoms with E-state index in [9.17, 15) is 5.11 Å². The first kappa shape index (κ1) is 10.9. The second-order valence-corrected chi connectivity index (χ2v) is 5.06. The molecule has 3 nitrogen and oxygen atoms in total. The number of rotatable bonds is 1. The van der Waals surface area contributed by atoms with Crippen molar-refractivity contribution in [3.63, 3.8) is 0 Å². The average molecular weight is 233 g/mol. The Morgan fingerprint density at radius 3 is 3.06 bits per heavy atom. The number of phenolic OH excluding ortho intramolecular Hbond substituents is 1. The topological polar surface area (TPSA) is 41.5 Å². The van der Waals surface area contributed by atoms with Crippen molar-refractivity contribution in [2.75, 3.05) is 13.1 Å². The van der Waals surface area contributed by atoms with Crippen LogP contribution >= 0.6 is 0 Å². The molecule has 2 unspecified atom stereocenters. The minimum atomic E-state index is 0.317. The molecule has 0 amide bonds. The van der Waals surface area contributed by atoms with Crippen LogP contribution in [-0.4, -0.2) is 24.3 Å². The van der Waals surface area contributed by atoms with Crippen molar-refractivity contribution in [2.45, 2.75) is 31.8 Å². The van der Waals surface area contributed by atoms with Gasteiger partial charge in [-0.25, -0.2) is 0 Å². The van der Waals surface area contributed by atoms with E-state index in [0.717, 1.165) is 37.2 Å². The van der Waals surface area contributed by atoms with E-state index in [4.69, 9.17) is 4.74 Å². The van der Waals surface area contributed by atoms with Crippen LogP contribution in [0.5, 0.6) is 11.5 Å². The maximum absolute atomic E-state index is 9.76. The lowest BCUT2D eigenvalue weighted by molar-refractivity contribution is 0.0940. The Labute approximate surface area is 102 Å². The predicted octanol–water partition coefficient (Wildman–Crippen LogP) is 2.09. The minimum Gasteiger partial charge on any atom is -0.508 e. The Kier molecular flexibility index (Phi) is 2.93. The lowest BCUT2D eigenvalue weighted by Crippen LogP contribution is -2.40. The van der Waals surface area contributed by atoms with Crippen LogP contribution in [-0.2, 0) is 6.42 Å². The first-order chi connectivity index (χ1) is 8.34. The molecule has 2 aliphatic heterocycles. The number of hydrogen-bond donors (Lipinski definition) is 2. The number of aromatic hydroxyl groups is 1. The molecule has 2 heterocycles. The molecular formula is C14H19NO2. The van der Waals surface area contributed by atoms with Crippen LogP contribution in [0.2, 0.25) is 0 Å². The molecule has 0 bridgehead atoms. The van der Waals surface area contributed by atoms with E-state index in [2.05, 4.69) is 5.32 Å². The normalized spacial score (nSPS) is 28.2. The van der Waals surface area contributed by atoms with E-state index in [-0.39, 0.29) is 0 Å². The van der Waals surface area contributed by atoms with Gasteiger partial charge in [-0.3, -0.25) is 0 Å². The third kappa shape index (κ3) is 2.12. The fraction of sp³-hybridized carbons (Fsp3) is 0.571. The molecular weight excluding hydrogens is 214 g/mol. The summed E-state index contributed by atoms with van der Waals surface area (Å²) in [4.78, 5) is 0. The van der Waals surface area contributed by atoms with Crippen molar-refractivity contribution in [1.29, 1.82) is 0 Å². The van der Waals surface area contributed by atoms with Gasteiger partial charge in [0, 0.05) is 18.0 Å². The number of phenols is 1. The Morgan fingerprint density at radius 2 is 2.24 bits per heavy atom. The van der Waals surface area contributed by atoms with E-state index in [1.54, 1.807) is 6.07 Å². The molecule has 2 aliphatic rings. The van der Waals surface area contributed by atoms with E-state index in [1.807, 2.05) is 12.1 Å². The molecule has 2 N–H and O–H groups in total. The molecule has 1 fully saturated rings. The summed E-state index contributed by atoms with van der Waals surface area (Å²) in [5, 5.41) is 13.2. The number of fused-ring (bicyclic) bond motifs is 1. The van der Waals surface area contributed by atoms with Crippen LogP contribution in [0.15, 0.2) is 18.2 Å². The highest BCUT2D eigenvalue weighted by Gasteiger charge is 2.29. The third-order valence-electron chi connectivity index (χ3n) is 3.93. The highest BCUT2D eigenvalue weighted by Crippen LogP contribution is 2.36. The molecule has 0 radical (unpaired) electrons. The molecule has 17 heavy (non-hydrogen) atoms. The second kappa shape index (κ2) is 4.57. The standard InChI is InChI=1S/C14H19NO2/c16-12-4-1-5-14-11(12)6-7-13(17-14)10-3-2-8-15-9-10/h1,4-5,10,13,15-16H,2-3,6-9H2. The first-order valence-electron chi connectivity index (χ1n) is 6.53. The molecule has 3 heteroatoms. The molecule has 1 aromatic carbocycles. The summed E-state index contributed by atoms with van der Waals surface area (Å²) in [6.45, 7) is 2.21. The first-order valence-corrected chi connectivity index (χ1v) is 6.53. The van der Waals surface area contributed by atoms with Gasteiger partial charge >= 0.3 is 0 Å². The Morgan fingerprint density at radius 1 is 1.29 bits per heavy atom. The van der Waals surface area contributed by atoms with Crippen molar-refractivity contribution in [2.24, 2.45) is 5.92 Å². The van der Waals surface area contributed by atoms with Crippen molar-refractivity contribution < 1.29 is 9.84 Å². The van der Waals surface area contributed by atoms with Crippen molar-refractivity contribution in [3.05, 3.63) is 23.8 Å². The number of piperidine rings is 1. The number of ether oxygens (including phenoxy) is 1. The highest BCUT2D eigenvalue weighted by molar-refractivity contribution is 5.45. The fourth-order valence-electron chi connectivity index (χ4n) is 2.95. The van der Waals surface area contributed by atoms with Crippen molar-refractivity contribution in [1.82, 2.24) is 5.32 Å². The zero-order valence-corrected chi connectivity index (χ0v) is 9.98. The Hall–Kier alpha value is -1.22. The van der Waals surface area contributed by atoms with Crippen LogP contribution in [0.3, 0.4) is 0 Å². The highest BCUT2D eigenvalue weighted by atomic mass is 16.5. The second-order valence-electron chi connectivity index (χ2n) is 5.06. The maximum atomic E-state index is 9.76. The van der Waals surface area contributed by atoms with Gasteiger partial charge in [0.1, 0.15) is 17.6 Å². The van der Waals surface area contributed by atoms with Gasteiger partial charge in [0.2, 0.25) is 0 Å². The monoisotopic (exact) mass is 233 g/mol. The molecule has 2 atom stereocenters. The predicted molar refractivity (Wildman–Crippen MR) is 66.4 cm³/mol. The van der Waals surface area contributed by atoms with Crippen LogP contribution < -0.4 is 10.1 Å². The zero-order chi connectivity index (χ0) is 11.7. The fourth-order valence-corrected chi connectivity index (χ4v) is 2.95. The lowest BCUT2D eigenvalue weighted by Gasteiger charge is -2.34. The summed E-state index contributed by atoms with van der Waals surface area (Å²) in [5.41, 5.74) is 0.979. The van der Waals surface area contributed by atoms with Gasteiger partial charge in [0.25, 0.3) is 0 Å². The smallest absolute Gasteiger partial charge is 0.126 e. The van der Waals surface area contributed by atoms with Gasteiger partial charge in [-0.05, 0) is 44.4 Å². The van der Waals surface area contributed by atoms with E-state index >= 15 is 0 Å². The summed E-state index contributed by atoms with van der Waals surface area (Å²) < 4.78 is 6.05. The molecule has 3 rings (SSSR count). The quantitative estimate of drug-likeness (QED) is 0.780. The molecule has 0 spiro atoms. The van der Waals surface area contributed by atoms with E-state index in [1.165, 1.54) is 12.8 Å². The number of hydrogen-bond acceptors (Lipinski definition) is 3. The van der Waals surface area contributed by atoms with Gasteiger partial charge < -0.3 is 15.2 Å². The van der Waals surface area contributed by atoms with Gasteiger partial charge in [-0.1, -0.05) is 6.07 Å². The minimum absolute atomic E-state index is 0.317. The lowest BCUT2D eigenvalue weighted by atomic mass is 9.88. The zero-order valence-electron chi connectivity index (χ0n) is 9.98. The van der Waals surface area contributed by atoms with Gasteiger partial charge in [-0.2, -0.15) is 0 Å². The summed E-state index contributed by atoms with van der Waals surface area (Å²) >= 11 is 0. The van der Waals surface area contributed by atoms with Crippen molar-refractivity contribution >= 4 is 0 Å². The molecule has 0 aromatic heterocycles. The average Bonchev–Trinajstić information content (AvgIpc) is 2.40. The largest absolute Gasteiger partial charge is 0.508 e. The molecule has 0 aliphatic carbocycles. The summed E-state index contributed by atoms with van der Waals surface area (Å²) in [5.74, 6) is 1.88. The number of nitrogens with one attached hydrogen (secondary N) is 1. The Balaban J connectivity index is 1.76. The van der Waals surface area contributed by atoms with E-state index < -0.39 is 0 Å². The van der Waals surface area contributed by atoms with Gasteiger partial charge in [-0.15, -0.1) is 0 Å². The maximum Gasteiger partial charge on any atom is 0.126 e. The van der Waals surface area contributed by atoms with E-state index in [0.29, 0.717) is 17.8 Å². The summed E-state index contributed by atoms with van der Waals surface area (Å²) in [6.07, 6.45) is 4.78.